The van der Waals surface area contributed by atoms with Gasteiger partial charge in [-0.1, -0.05) is 30.3 Å². The third-order valence-corrected chi connectivity index (χ3v) is 5.20. The number of rotatable bonds is 5. The summed E-state index contributed by atoms with van der Waals surface area (Å²) in [5.74, 6) is -1.51. The standard InChI is InChI=1S/C22H27FN4O2/c1-16-6-5-7-17(2)20(16)25-22(29)21(28)24-10-11-26-12-14-27(15-13-26)19-9-4-3-8-18(19)23/h3-9H,10-15H2,1-2H3,(H,24,28)(H,25,29). The van der Waals surface area contributed by atoms with Crippen molar-refractivity contribution in [3.8, 4) is 0 Å². The van der Waals surface area contributed by atoms with Crippen LogP contribution in [0.2, 0.25) is 0 Å². The number of aryl methyl sites for hydroxylation is 2. The highest BCUT2D eigenvalue weighted by Gasteiger charge is 2.20. The van der Waals surface area contributed by atoms with Crippen LogP contribution in [0.1, 0.15) is 11.1 Å². The van der Waals surface area contributed by atoms with Crippen molar-refractivity contribution in [1.82, 2.24) is 10.2 Å². The highest BCUT2D eigenvalue weighted by molar-refractivity contribution is 6.39. The van der Waals surface area contributed by atoms with Gasteiger partial charge >= 0.3 is 11.8 Å². The summed E-state index contributed by atoms with van der Waals surface area (Å²) in [6.45, 7) is 7.82. The van der Waals surface area contributed by atoms with Gasteiger partial charge in [-0.05, 0) is 37.1 Å². The summed E-state index contributed by atoms with van der Waals surface area (Å²) in [7, 11) is 0. The van der Waals surface area contributed by atoms with Gasteiger partial charge in [0.05, 0.1) is 5.69 Å². The molecule has 0 saturated carbocycles. The molecule has 0 aromatic heterocycles. The van der Waals surface area contributed by atoms with Crippen LogP contribution in [-0.2, 0) is 9.59 Å². The number of hydrogen-bond acceptors (Lipinski definition) is 4. The molecule has 2 aromatic carbocycles. The van der Waals surface area contributed by atoms with Crippen molar-refractivity contribution in [3.05, 3.63) is 59.4 Å². The Morgan fingerprint density at radius 3 is 2.24 bits per heavy atom. The number of carbonyl (C=O) groups is 2. The molecule has 3 rings (SSSR count). The second kappa shape index (κ2) is 9.52. The lowest BCUT2D eigenvalue weighted by molar-refractivity contribution is -0.136. The number of halogens is 1. The van der Waals surface area contributed by atoms with Crippen LogP contribution in [0.15, 0.2) is 42.5 Å². The molecule has 1 fully saturated rings. The molecule has 7 heteroatoms. The highest BCUT2D eigenvalue weighted by Crippen LogP contribution is 2.20. The smallest absolute Gasteiger partial charge is 0.313 e. The average molecular weight is 398 g/mol. The van der Waals surface area contributed by atoms with E-state index in [2.05, 4.69) is 15.5 Å². The molecule has 1 saturated heterocycles. The summed E-state index contributed by atoms with van der Waals surface area (Å²) in [5.41, 5.74) is 3.14. The van der Waals surface area contributed by atoms with Crippen molar-refractivity contribution in [1.29, 1.82) is 0 Å². The first-order valence-corrected chi connectivity index (χ1v) is 9.83. The number of carbonyl (C=O) groups excluding carboxylic acids is 2. The summed E-state index contributed by atoms with van der Waals surface area (Å²) in [5, 5.41) is 5.36. The number of anilines is 2. The molecule has 0 unspecified atom stereocenters. The van der Waals surface area contributed by atoms with Gasteiger partial charge in [0.15, 0.2) is 0 Å². The third kappa shape index (κ3) is 5.32. The second-order valence-electron chi connectivity index (χ2n) is 7.26. The summed E-state index contributed by atoms with van der Waals surface area (Å²) in [6.07, 6.45) is 0. The Morgan fingerprint density at radius 1 is 0.931 bits per heavy atom. The molecule has 154 valence electrons. The molecule has 1 aliphatic rings. The Labute approximate surface area is 170 Å². The molecule has 0 atom stereocenters. The second-order valence-corrected chi connectivity index (χ2v) is 7.26. The summed E-state index contributed by atoms with van der Waals surface area (Å²) < 4.78 is 13.9. The van der Waals surface area contributed by atoms with Crippen LogP contribution in [0, 0.1) is 19.7 Å². The maximum atomic E-state index is 13.9. The predicted molar refractivity (Wildman–Crippen MR) is 113 cm³/mol. The fourth-order valence-electron chi connectivity index (χ4n) is 3.51. The van der Waals surface area contributed by atoms with E-state index in [0.717, 1.165) is 37.3 Å². The van der Waals surface area contributed by atoms with Crippen molar-refractivity contribution in [2.75, 3.05) is 49.5 Å². The minimum Gasteiger partial charge on any atom is -0.367 e. The zero-order valence-electron chi connectivity index (χ0n) is 16.9. The summed E-state index contributed by atoms with van der Waals surface area (Å²) in [4.78, 5) is 28.5. The molecule has 2 N–H and O–H groups in total. The fourth-order valence-corrected chi connectivity index (χ4v) is 3.51. The lowest BCUT2D eigenvalue weighted by atomic mass is 10.1. The van der Waals surface area contributed by atoms with E-state index in [1.54, 1.807) is 12.1 Å². The van der Waals surface area contributed by atoms with Crippen molar-refractivity contribution < 1.29 is 14.0 Å². The average Bonchev–Trinajstić information content (AvgIpc) is 2.71. The zero-order valence-corrected chi connectivity index (χ0v) is 16.9. The lowest BCUT2D eigenvalue weighted by Gasteiger charge is -2.36. The Hall–Kier alpha value is -2.93. The van der Waals surface area contributed by atoms with E-state index in [9.17, 15) is 14.0 Å². The third-order valence-electron chi connectivity index (χ3n) is 5.20. The number of amides is 2. The van der Waals surface area contributed by atoms with Gasteiger partial charge in [-0.25, -0.2) is 4.39 Å². The maximum Gasteiger partial charge on any atom is 0.313 e. The van der Waals surface area contributed by atoms with Crippen LogP contribution < -0.4 is 15.5 Å². The number of nitrogens with one attached hydrogen (secondary N) is 2. The minimum atomic E-state index is -0.660. The maximum absolute atomic E-state index is 13.9. The van der Waals surface area contributed by atoms with E-state index in [1.807, 2.05) is 43.0 Å². The first-order valence-electron chi connectivity index (χ1n) is 9.83. The summed E-state index contributed by atoms with van der Waals surface area (Å²) in [6, 6.07) is 12.5. The number of piperazine rings is 1. The van der Waals surface area contributed by atoms with E-state index < -0.39 is 11.8 Å². The molecular formula is C22H27FN4O2. The molecule has 29 heavy (non-hydrogen) atoms. The number of para-hydroxylation sites is 2. The Balaban J connectivity index is 1.41. The van der Waals surface area contributed by atoms with Crippen LogP contribution in [-0.4, -0.2) is 56.0 Å². The largest absolute Gasteiger partial charge is 0.367 e. The minimum absolute atomic E-state index is 0.205. The van der Waals surface area contributed by atoms with Crippen LogP contribution in [0.3, 0.4) is 0 Å². The van der Waals surface area contributed by atoms with Crippen LogP contribution >= 0.6 is 0 Å². The predicted octanol–water partition coefficient (Wildman–Crippen LogP) is 2.32. The molecule has 2 amide bonds. The van der Waals surface area contributed by atoms with Crippen molar-refractivity contribution in [3.63, 3.8) is 0 Å². The SMILES string of the molecule is Cc1cccc(C)c1NC(=O)C(=O)NCCN1CCN(c2ccccc2F)CC1. The van der Waals surface area contributed by atoms with Gasteiger partial charge in [0, 0.05) is 45.0 Å². The van der Waals surface area contributed by atoms with Gasteiger partial charge in [0.2, 0.25) is 0 Å². The molecule has 0 radical (unpaired) electrons. The topological polar surface area (TPSA) is 64.7 Å². The number of benzene rings is 2. The Bertz CT molecular complexity index is 859. The van der Waals surface area contributed by atoms with Gasteiger partial charge in [-0.3, -0.25) is 14.5 Å². The molecule has 0 bridgehead atoms. The van der Waals surface area contributed by atoms with Gasteiger partial charge < -0.3 is 15.5 Å². The molecular weight excluding hydrogens is 371 g/mol. The van der Waals surface area contributed by atoms with Crippen molar-refractivity contribution in [2.24, 2.45) is 0 Å². The fraction of sp³-hybridized carbons (Fsp3) is 0.364. The number of nitrogens with zero attached hydrogens (tertiary/aromatic N) is 2. The van der Waals surface area contributed by atoms with Gasteiger partial charge in [0.1, 0.15) is 5.82 Å². The van der Waals surface area contributed by atoms with Crippen LogP contribution in [0.4, 0.5) is 15.8 Å². The van der Waals surface area contributed by atoms with Gasteiger partial charge in [-0.2, -0.15) is 0 Å². The molecule has 1 aliphatic heterocycles. The highest BCUT2D eigenvalue weighted by atomic mass is 19.1. The first-order chi connectivity index (χ1) is 14.0. The Morgan fingerprint density at radius 2 is 1.59 bits per heavy atom. The molecule has 0 aliphatic carbocycles. The molecule has 2 aromatic rings. The van der Waals surface area contributed by atoms with E-state index in [4.69, 9.17) is 0 Å². The quantitative estimate of drug-likeness (QED) is 0.759. The van der Waals surface area contributed by atoms with Gasteiger partial charge in [-0.15, -0.1) is 0 Å². The van der Waals surface area contributed by atoms with E-state index >= 15 is 0 Å². The van der Waals surface area contributed by atoms with E-state index in [0.29, 0.717) is 24.5 Å². The van der Waals surface area contributed by atoms with Crippen molar-refractivity contribution >= 4 is 23.2 Å². The normalized spacial score (nSPS) is 14.5. The number of hydrogen-bond donors (Lipinski definition) is 2. The van der Waals surface area contributed by atoms with Crippen LogP contribution in [0.5, 0.6) is 0 Å². The van der Waals surface area contributed by atoms with Gasteiger partial charge in [0.25, 0.3) is 0 Å². The summed E-state index contributed by atoms with van der Waals surface area (Å²) >= 11 is 0. The molecule has 1 heterocycles. The van der Waals surface area contributed by atoms with Crippen molar-refractivity contribution in [2.45, 2.75) is 13.8 Å². The van der Waals surface area contributed by atoms with E-state index in [1.165, 1.54) is 6.07 Å². The Kier molecular flexibility index (Phi) is 6.82. The monoisotopic (exact) mass is 398 g/mol. The molecule has 0 spiro atoms. The lowest BCUT2D eigenvalue weighted by Crippen LogP contribution is -2.49. The van der Waals surface area contributed by atoms with E-state index in [-0.39, 0.29) is 5.82 Å². The first kappa shape index (κ1) is 20.8. The molecule has 6 nitrogen and oxygen atoms in total. The zero-order chi connectivity index (χ0) is 20.8. The van der Waals surface area contributed by atoms with Crippen LogP contribution in [0.25, 0.3) is 0 Å².